The Hall–Kier alpha value is -0.0400. The van der Waals surface area contributed by atoms with Gasteiger partial charge in [0.15, 0.2) is 0 Å². The summed E-state index contributed by atoms with van der Waals surface area (Å²) in [4.78, 5) is 0. The normalized spacial score (nSPS) is 40.1. The summed E-state index contributed by atoms with van der Waals surface area (Å²) in [6.07, 6.45) is 11.8. The lowest BCUT2D eigenvalue weighted by Gasteiger charge is -2.38. The molecule has 4 atom stereocenters. The van der Waals surface area contributed by atoms with Crippen molar-refractivity contribution in [3.63, 3.8) is 0 Å². The molecular weight excluding hydrogens is 194 g/mol. The minimum Gasteiger partial charge on any atom is -0.314 e. The van der Waals surface area contributed by atoms with Crippen molar-refractivity contribution >= 4 is 0 Å². The monoisotopic (exact) mass is 223 g/mol. The van der Waals surface area contributed by atoms with Crippen LogP contribution in [0.3, 0.4) is 0 Å². The van der Waals surface area contributed by atoms with E-state index in [0.29, 0.717) is 0 Å². The second kappa shape index (κ2) is 6.05. The molecule has 2 fully saturated rings. The molecule has 1 nitrogen and oxygen atoms in total. The van der Waals surface area contributed by atoms with Gasteiger partial charge in [-0.2, -0.15) is 0 Å². The van der Waals surface area contributed by atoms with Gasteiger partial charge in [0.05, 0.1) is 0 Å². The summed E-state index contributed by atoms with van der Waals surface area (Å²) >= 11 is 0. The number of nitrogens with one attached hydrogen (secondary N) is 1. The highest BCUT2D eigenvalue weighted by atomic mass is 14.9. The van der Waals surface area contributed by atoms with Crippen molar-refractivity contribution in [1.82, 2.24) is 5.32 Å². The van der Waals surface area contributed by atoms with Gasteiger partial charge in [0.2, 0.25) is 0 Å². The van der Waals surface area contributed by atoms with Gasteiger partial charge in [0, 0.05) is 6.04 Å². The van der Waals surface area contributed by atoms with Crippen LogP contribution in [0.1, 0.15) is 65.2 Å². The highest BCUT2D eigenvalue weighted by Crippen LogP contribution is 2.43. The first kappa shape index (κ1) is 12.4. The van der Waals surface area contributed by atoms with E-state index in [1.54, 1.807) is 0 Å². The zero-order chi connectivity index (χ0) is 11.4. The van der Waals surface area contributed by atoms with Crippen molar-refractivity contribution in [2.24, 2.45) is 17.8 Å². The lowest BCUT2D eigenvalue weighted by Crippen LogP contribution is -2.39. The number of rotatable bonds is 4. The van der Waals surface area contributed by atoms with E-state index in [9.17, 15) is 0 Å². The van der Waals surface area contributed by atoms with Crippen LogP contribution in [-0.4, -0.2) is 12.6 Å². The van der Waals surface area contributed by atoms with Crippen LogP contribution >= 0.6 is 0 Å². The van der Waals surface area contributed by atoms with Crippen LogP contribution in [0.2, 0.25) is 0 Å². The Kier molecular flexibility index (Phi) is 4.69. The van der Waals surface area contributed by atoms with E-state index in [4.69, 9.17) is 0 Å². The van der Waals surface area contributed by atoms with Crippen LogP contribution < -0.4 is 5.32 Å². The highest BCUT2D eigenvalue weighted by molar-refractivity contribution is 4.91. The smallest absolute Gasteiger partial charge is 0.00979 e. The maximum Gasteiger partial charge on any atom is 0.00979 e. The summed E-state index contributed by atoms with van der Waals surface area (Å²) in [7, 11) is 0. The molecule has 0 heterocycles. The van der Waals surface area contributed by atoms with Crippen molar-refractivity contribution in [2.75, 3.05) is 6.54 Å². The van der Waals surface area contributed by atoms with E-state index in [1.165, 1.54) is 51.4 Å². The van der Waals surface area contributed by atoms with Gasteiger partial charge in [-0.3, -0.25) is 0 Å². The lowest BCUT2D eigenvalue weighted by atomic mass is 9.70. The predicted molar refractivity (Wildman–Crippen MR) is 70.5 cm³/mol. The Morgan fingerprint density at radius 3 is 2.38 bits per heavy atom. The van der Waals surface area contributed by atoms with E-state index in [0.717, 1.165) is 30.3 Å². The van der Waals surface area contributed by atoms with Gasteiger partial charge in [-0.05, 0) is 43.6 Å². The van der Waals surface area contributed by atoms with Gasteiger partial charge >= 0.3 is 0 Å². The SMILES string of the molecule is CCNC1CCCC1C1CCCCC1CC. The molecule has 0 spiro atoms. The molecule has 0 amide bonds. The first-order chi connectivity index (χ1) is 7.86. The highest BCUT2D eigenvalue weighted by Gasteiger charge is 2.37. The molecule has 0 saturated heterocycles. The van der Waals surface area contributed by atoms with E-state index >= 15 is 0 Å². The molecule has 0 aromatic carbocycles. The summed E-state index contributed by atoms with van der Waals surface area (Å²) in [5.41, 5.74) is 0. The minimum absolute atomic E-state index is 0.849. The molecule has 2 saturated carbocycles. The Morgan fingerprint density at radius 1 is 0.875 bits per heavy atom. The van der Waals surface area contributed by atoms with Crippen LogP contribution in [-0.2, 0) is 0 Å². The topological polar surface area (TPSA) is 12.0 Å². The molecule has 0 radical (unpaired) electrons. The Labute approximate surface area is 101 Å². The minimum atomic E-state index is 0.849. The second-order valence-corrected chi connectivity index (χ2v) is 5.88. The summed E-state index contributed by atoms with van der Waals surface area (Å²) in [6, 6.07) is 0.849. The van der Waals surface area contributed by atoms with Crippen molar-refractivity contribution < 1.29 is 0 Å². The summed E-state index contributed by atoms with van der Waals surface area (Å²) in [5, 5.41) is 3.74. The molecule has 0 aromatic rings. The molecule has 2 rings (SSSR count). The zero-order valence-electron chi connectivity index (χ0n) is 11.2. The van der Waals surface area contributed by atoms with Crippen molar-refractivity contribution in [2.45, 2.75) is 71.3 Å². The molecular formula is C15H29N. The third-order valence-electron chi connectivity index (χ3n) is 5.08. The molecule has 0 aromatic heterocycles. The number of hydrogen-bond acceptors (Lipinski definition) is 1. The van der Waals surface area contributed by atoms with Gasteiger partial charge in [-0.15, -0.1) is 0 Å². The van der Waals surface area contributed by atoms with E-state index in [1.807, 2.05) is 0 Å². The van der Waals surface area contributed by atoms with E-state index < -0.39 is 0 Å². The van der Waals surface area contributed by atoms with Crippen LogP contribution in [0.15, 0.2) is 0 Å². The molecule has 0 bridgehead atoms. The maximum atomic E-state index is 3.74. The second-order valence-electron chi connectivity index (χ2n) is 5.88. The fourth-order valence-corrected chi connectivity index (χ4v) is 4.32. The largest absolute Gasteiger partial charge is 0.314 e. The summed E-state index contributed by atoms with van der Waals surface area (Å²) in [5.74, 6) is 3.09. The lowest BCUT2D eigenvalue weighted by molar-refractivity contribution is 0.139. The molecule has 16 heavy (non-hydrogen) atoms. The fraction of sp³-hybridized carbons (Fsp3) is 1.00. The summed E-state index contributed by atoms with van der Waals surface area (Å²) < 4.78 is 0. The van der Waals surface area contributed by atoms with Gasteiger partial charge in [0.1, 0.15) is 0 Å². The van der Waals surface area contributed by atoms with Crippen LogP contribution in [0.25, 0.3) is 0 Å². The van der Waals surface area contributed by atoms with Crippen molar-refractivity contribution in [3.05, 3.63) is 0 Å². The van der Waals surface area contributed by atoms with Crippen LogP contribution in [0, 0.1) is 17.8 Å². The third kappa shape index (κ3) is 2.61. The first-order valence-electron chi connectivity index (χ1n) is 7.60. The van der Waals surface area contributed by atoms with Crippen molar-refractivity contribution in [1.29, 1.82) is 0 Å². The average molecular weight is 223 g/mol. The quantitative estimate of drug-likeness (QED) is 0.760. The molecule has 1 N–H and O–H groups in total. The predicted octanol–water partition coefficient (Wildman–Crippen LogP) is 3.98. The summed E-state index contributed by atoms with van der Waals surface area (Å²) in [6.45, 7) is 5.82. The van der Waals surface area contributed by atoms with Crippen LogP contribution in [0.5, 0.6) is 0 Å². The molecule has 1 heteroatoms. The van der Waals surface area contributed by atoms with Gasteiger partial charge in [-0.1, -0.05) is 46.0 Å². The zero-order valence-corrected chi connectivity index (χ0v) is 11.2. The third-order valence-corrected chi connectivity index (χ3v) is 5.08. The Balaban J connectivity index is 1.97. The fourth-order valence-electron chi connectivity index (χ4n) is 4.32. The average Bonchev–Trinajstić information content (AvgIpc) is 2.77. The molecule has 0 aliphatic heterocycles. The Bertz CT molecular complexity index is 202. The molecule has 4 unspecified atom stereocenters. The molecule has 2 aliphatic rings. The standard InChI is InChI=1S/C15H29N/c1-3-12-8-5-6-9-13(12)14-10-7-11-15(14)16-4-2/h12-16H,3-11H2,1-2H3. The van der Waals surface area contributed by atoms with Gasteiger partial charge < -0.3 is 5.32 Å². The molecule has 94 valence electrons. The van der Waals surface area contributed by atoms with Crippen LogP contribution in [0.4, 0.5) is 0 Å². The van der Waals surface area contributed by atoms with Gasteiger partial charge in [0.25, 0.3) is 0 Å². The maximum absolute atomic E-state index is 3.74. The van der Waals surface area contributed by atoms with Crippen molar-refractivity contribution in [3.8, 4) is 0 Å². The first-order valence-corrected chi connectivity index (χ1v) is 7.60. The van der Waals surface area contributed by atoms with Gasteiger partial charge in [-0.25, -0.2) is 0 Å². The number of hydrogen-bond donors (Lipinski definition) is 1. The van der Waals surface area contributed by atoms with E-state index in [2.05, 4.69) is 19.2 Å². The molecule has 2 aliphatic carbocycles. The van der Waals surface area contributed by atoms with E-state index in [-0.39, 0.29) is 0 Å². The Morgan fingerprint density at radius 2 is 1.62 bits per heavy atom.